The van der Waals surface area contributed by atoms with Crippen molar-refractivity contribution in [2.24, 2.45) is 5.10 Å². The van der Waals surface area contributed by atoms with Crippen LogP contribution in [0.4, 0.5) is 0 Å². The van der Waals surface area contributed by atoms with Crippen LogP contribution in [-0.4, -0.2) is 12.1 Å². The Kier molecular flexibility index (Phi) is 4.84. The molecule has 2 aromatic heterocycles. The monoisotopic (exact) mass is 450 g/mol. The summed E-state index contributed by atoms with van der Waals surface area (Å²) in [6, 6.07) is 12.6. The second kappa shape index (κ2) is 7.68. The topological polar surface area (TPSA) is 80.9 Å². The number of nitrogens with zero attached hydrogens (tertiary/aromatic N) is 1. The first-order valence-electron chi connectivity index (χ1n) is 9.40. The summed E-state index contributed by atoms with van der Waals surface area (Å²) in [5, 5.41) is 5.01. The summed E-state index contributed by atoms with van der Waals surface area (Å²) < 4.78 is 11.2. The van der Waals surface area contributed by atoms with E-state index in [1.54, 1.807) is 24.3 Å². The maximum Gasteiger partial charge on any atom is 0.281 e. The lowest BCUT2D eigenvalue weighted by molar-refractivity contribution is 0.0959. The van der Waals surface area contributed by atoms with E-state index in [1.165, 1.54) is 23.8 Å². The lowest BCUT2D eigenvalue weighted by atomic mass is 10.1. The Morgan fingerprint density at radius 2 is 2.10 bits per heavy atom. The van der Waals surface area contributed by atoms with Crippen molar-refractivity contribution in [3.63, 3.8) is 0 Å². The minimum atomic E-state index is -0.375. The first-order valence-corrected chi connectivity index (χ1v) is 10.6. The van der Waals surface area contributed by atoms with Crippen molar-refractivity contribution in [1.82, 2.24) is 5.43 Å². The van der Waals surface area contributed by atoms with Gasteiger partial charge in [-0.1, -0.05) is 23.2 Å². The first kappa shape index (κ1) is 19.5. The molecule has 3 heterocycles. The van der Waals surface area contributed by atoms with Crippen LogP contribution in [0.5, 0.6) is 5.75 Å². The highest BCUT2D eigenvalue weighted by Gasteiger charge is 2.23. The molecule has 1 N–H and O–H groups in total. The number of carbonyl (C=O) groups is 1. The normalized spacial score (nSPS) is 12.5. The molecule has 0 spiro atoms. The molecule has 0 radical (unpaired) electrons. The molecule has 1 amide bonds. The molecule has 0 saturated carbocycles. The zero-order valence-electron chi connectivity index (χ0n) is 16.3. The molecule has 1 aliphatic heterocycles. The molecule has 2 aromatic carbocycles. The molecule has 0 saturated heterocycles. The maximum absolute atomic E-state index is 12.6. The Morgan fingerprint density at radius 1 is 1.23 bits per heavy atom. The summed E-state index contributed by atoms with van der Waals surface area (Å²) in [5.74, 6) is 0.363. The van der Waals surface area contributed by atoms with Crippen molar-refractivity contribution in [2.45, 2.75) is 13.5 Å². The molecule has 0 bridgehead atoms. The van der Waals surface area contributed by atoms with E-state index in [-0.39, 0.29) is 16.9 Å². The average molecular weight is 451 g/mol. The van der Waals surface area contributed by atoms with E-state index in [0.717, 1.165) is 27.3 Å². The number of carbonyl (C=O) groups excluding carboxylic acids is 1. The van der Waals surface area contributed by atoms with Gasteiger partial charge in [-0.15, -0.1) is 11.3 Å². The number of fused-ring (bicyclic) bond motifs is 4. The molecular weight excluding hydrogens is 436 g/mol. The Balaban J connectivity index is 1.37. The zero-order valence-corrected chi connectivity index (χ0v) is 17.8. The average Bonchev–Trinajstić information content (AvgIpc) is 3.21. The Morgan fingerprint density at radius 3 is 2.97 bits per heavy atom. The summed E-state index contributed by atoms with van der Waals surface area (Å²) >= 11 is 7.46. The number of aryl methyl sites for hydroxylation is 1. The van der Waals surface area contributed by atoms with Gasteiger partial charge in [0.05, 0.1) is 22.0 Å². The van der Waals surface area contributed by atoms with E-state index in [9.17, 15) is 9.59 Å². The highest BCUT2D eigenvalue weighted by molar-refractivity contribution is 7.17. The standard InChI is InChI=1S/C23H15ClN2O4S/c1-12-2-4-18-16(6-12)21(27)14(11-30-18)9-25-26-23(28)20-7-13-10-29-19-5-3-15(24)8-17(19)22(13)31-20/h2-9,11H,10H2,1H3,(H,26,28)/b25-9+. The molecule has 0 fully saturated rings. The van der Waals surface area contributed by atoms with E-state index in [1.807, 2.05) is 25.1 Å². The van der Waals surface area contributed by atoms with E-state index < -0.39 is 0 Å². The number of hydrogen-bond donors (Lipinski definition) is 1. The first-order chi connectivity index (χ1) is 15.0. The van der Waals surface area contributed by atoms with Gasteiger partial charge in [-0.2, -0.15) is 5.10 Å². The van der Waals surface area contributed by atoms with Crippen LogP contribution in [0.15, 0.2) is 63.0 Å². The maximum atomic E-state index is 12.6. The lowest BCUT2D eigenvalue weighted by Gasteiger charge is -2.17. The fraction of sp³-hybridized carbons (Fsp3) is 0.0870. The van der Waals surface area contributed by atoms with Crippen LogP contribution in [0.2, 0.25) is 5.02 Å². The van der Waals surface area contributed by atoms with E-state index in [2.05, 4.69) is 10.5 Å². The summed E-state index contributed by atoms with van der Waals surface area (Å²) in [5.41, 5.74) is 5.75. The number of amides is 1. The van der Waals surface area contributed by atoms with Crippen LogP contribution in [0.1, 0.15) is 26.4 Å². The van der Waals surface area contributed by atoms with Gasteiger partial charge < -0.3 is 9.15 Å². The van der Waals surface area contributed by atoms with E-state index in [0.29, 0.717) is 27.5 Å². The fourth-order valence-electron chi connectivity index (χ4n) is 3.40. The predicted octanol–water partition coefficient (Wildman–Crippen LogP) is 5.14. The van der Waals surface area contributed by atoms with Gasteiger partial charge in [-0.05, 0) is 43.3 Å². The Labute approximate surface area is 185 Å². The van der Waals surface area contributed by atoms with E-state index >= 15 is 0 Å². The molecule has 4 aromatic rings. The van der Waals surface area contributed by atoms with E-state index in [4.69, 9.17) is 20.8 Å². The van der Waals surface area contributed by atoms with Crippen molar-refractivity contribution in [1.29, 1.82) is 0 Å². The number of hydrogen-bond acceptors (Lipinski definition) is 6. The number of ether oxygens (including phenoxy) is 1. The zero-order chi connectivity index (χ0) is 21.5. The summed E-state index contributed by atoms with van der Waals surface area (Å²) in [6.07, 6.45) is 2.62. The number of halogens is 1. The van der Waals surface area contributed by atoms with Crippen molar-refractivity contribution < 1.29 is 13.9 Å². The highest BCUT2D eigenvalue weighted by atomic mass is 35.5. The van der Waals surface area contributed by atoms with Crippen LogP contribution in [0, 0.1) is 6.92 Å². The Bertz CT molecular complexity index is 1440. The number of thiophene rings is 1. The van der Waals surface area contributed by atoms with Gasteiger partial charge in [0.1, 0.15) is 24.2 Å². The third-order valence-electron chi connectivity index (χ3n) is 4.93. The van der Waals surface area contributed by atoms with Crippen LogP contribution in [-0.2, 0) is 6.61 Å². The second-order valence-electron chi connectivity index (χ2n) is 7.11. The number of nitrogens with one attached hydrogen (secondary N) is 1. The largest absolute Gasteiger partial charge is 0.488 e. The van der Waals surface area contributed by atoms with Crippen LogP contribution >= 0.6 is 22.9 Å². The molecule has 0 atom stereocenters. The molecule has 0 unspecified atom stereocenters. The predicted molar refractivity (Wildman–Crippen MR) is 121 cm³/mol. The number of hydrazone groups is 1. The molecule has 1 aliphatic rings. The summed E-state index contributed by atoms with van der Waals surface area (Å²) in [6.45, 7) is 2.28. The fourth-order valence-corrected chi connectivity index (χ4v) is 4.65. The quantitative estimate of drug-likeness (QED) is 0.346. The smallest absolute Gasteiger partial charge is 0.281 e. The van der Waals surface area contributed by atoms with Gasteiger partial charge in [0.15, 0.2) is 0 Å². The number of rotatable bonds is 3. The third kappa shape index (κ3) is 3.62. The second-order valence-corrected chi connectivity index (χ2v) is 8.60. The van der Waals surface area contributed by atoms with Gasteiger partial charge in [-0.25, -0.2) is 5.43 Å². The van der Waals surface area contributed by atoms with Gasteiger partial charge in [-0.3, -0.25) is 9.59 Å². The van der Waals surface area contributed by atoms with Crippen LogP contribution in [0.25, 0.3) is 21.4 Å². The van der Waals surface area contributed by atoms with Crippen molar-refractivity contribution in [2.75, 3.05) is 0 Å². The van der Waals surface area contributed by atoms with Crippen molar-refractivity contribution in [3.05, 3.63) is 85.5 Å². The van der Waals surface area contributed by atoms with Gasteiger partial charge >= 0.3 is 0 Å². The summed E-state index contributed by atoms with van der Waals surface area (Å²) in [4.78, 5) is 26.6. The van der Waals surface area contributed by atoms with Crippen molar-refractivity contribution in [3.8, 4) is 16.2 Å². The number of benzene rings is 2. The molecular formula is C23H15ClN2O4S. The van der Waals surface area contributed by atoms with Gasteiger partial charge in [0, 0.05) is 21.0 Å². The van der Waals surface area contributed by atoms with Crippen LogP contribution < -0.4 is 15.6 Å². The minimum Gasteiger partial charge on any atom is -0.488 e. The highest BCUT2D eigenvalue weighted by Crippen LogP contribution is 2.43. The summed E-state index contributed by atoms with van der Waals surface area (Å²) in [7, 11) is 0. The minimum absolute atomic E-state index is 0.208. The molecule has 31 heavy (non-hydrogen) atoms. The molecule has 154 valence electrons. The molecule has 8 heteroatoms. The Hall–Kier alpha value is -3.42. The van der Waals surface area contributed by atoms with Gasteiger partial charge in [0.25, 0.3) is 5.91 Å². The van der Waals surface area contributed by atoms with Crippen LogP contribution in [0.3, 0.4) is 0 Å². The lowest BCUT2D eigenvalue weighted by Crippen LogP contribution is -2.17. The molecule has 0 aliphatic carbocycles. The molecule has 6 nitrogen and oxygen atoms in total. The van der Waals surface area contributed by atoms with Crippen molar-refractivity contribution >= 4 is 46.0 Å². The molecule has 5 rings (SSSR count). The third-order valence-corrected chi connectivity index (χ3v) is 6.37. The SMILES string of the molecule is Cc1ccc2occ(/C=N/NC(=O)c3cc4c(s3)-c3cc(Cl)ccc3OC4)c(=O)c2c1. The van der Waals surface area contributed by atoms with Gasteiger partial charge in [0.2, 0.25) is 5.43 Å².